The predicted molar refractivity (Wildman–Crippen MR) is 51.5 cm³/mol. The van der Waals surface area contributed by atoms with Crippen molar-refractivity contribution in [1.29, 1.82) is 0 Å². The van der Waals surface area contributed by atoms with Crippen molar-refractivity contribution in [2.45, 2.75) is 56.7 Å². The van der Waals surface area contributed by atoms with Crippen LogP contribution >= 0.6 is 0 Å². The smallest absolute Gasteiger partial charge is 0.0460 e. The van der Waals surface area contributed by atoms with E-state index in [1.807, 2.05) is 0 Å². The van der Waals surface area contributed by atoms with Gasteiger partial charge in [-0.15, -0.1) is 0 Å². The minimum Gasteiger partial charge on any atom is -0.396 e. The number of hydrogen-bond acceptors (Lipinski definition) is 2. The van der Waals surface area contributed by atoms with E-state index in [0.717, 1.165) is 18.1 Å². The second-order valence-corrected chi connectivity index (χ2v) is 5.08. The molecule has 0 aromatic rings. The zero-order valence-electron chi connectivity index (χ0n) is 8.15. The number of hydrogen-bond donors (Lipinski definition) is 1. The molecule has 2 saturated heterocycles. The Hall–Kier alpha value is -0.0800. The Kier molecular flexibility index (Phi) is 1.88. The topological polar surface area (TPSA) is 23.5 Å². The highest BCUT2D eigenvalue weighted by molar-refractivity contribution is 5.01. The van der Waals surface area contributed by atoms with E-state index in [0.29, 0.717) is 12.5 Å². The Morgan fingerprint density at radius 1 is 0.923 bits per heavy atom. The monoisotopic (exact) mass is 181 g/mol. The lowest BCUT2D eigenvalue weighted by Crippen LogP contribution is -2.44. The van der Waals surface area contributed by atoms with Crippen molar-refractivity contribution in [2.75, 3.05) is 6.61 Å². The van der Waals surface area contributed by atoms with Gasteiger partial charge in [0.2, 0.25) is 0 Å². The standard InChI is InChI=1S/C11H19NO/c13-7-8-5-10-3-4-11(6-8)12(10)9-1-2-9/h8-11,13H,1-7H2/t8?,10-,11+. The predicted octanol–water partition coefficient (Wildman–Crippen LogP) is 1.38. The Balaban J connectivity index is 1.73. The van der Waals surface area contributed by atoms with Crippen molar-refractivity contribution in [2.24, 2.45) is 5.92 Å². The minimum absolute atomic E-state index is 0.422. The molecule has 3 aliphatic rings. The number of nitrogens with zero attached hydrogens (tertiary/aromatic N) is 1. The van der Waals surface area contributed by atoms with Crippen LogP contribution in [0.25, 0.3) is 0 Å². The molecule has 0 spiro atoms. The largest absolute Gasteiger partial charge is 0.396 e. The van der Waals surface area contributed by atoms with E-state index < -0.39 is 0 Å². The summed E-state index contributed by atoms with van der Waals surface area (Å²) < 4.78 is 0. The highest BCUT2D eigenvalue weighted by Crippen LogP contribution is 2.44. The third-order valence-electron chi connectivity index (χ3n) is 4.11. The summed E-state index contributed by atoms with van der Waals surface area (Å²) in [6.07, 6.45) is 8.22. The average Bonchev–Trinajstić information content (AvgIpc) is 2.95. The van der Waals surface area contributed by atoms with Crippen LogP contribution in [0, 0.1) is 5.92 Å². The molecule has 0 aromatic heterocycles. The zero-order chi connectivity index (χ0) is 8.84. The molecule has 13 heavy (non-hydrogen) atoms. The van der Waals surface area contributed by atoms with Crippen LogP contribution in [0.3, 0.4) is 0 Å². The van der Waals surface area contributed by atoms with Crippen molar-refractivity contribution >= 4 is 0 Å². The van der Waals surface area contributed by atoms with Crippen LogP contribution in [0.1, 0.15) is 38.5 Å². The number of rotatable bonds is 2. The molecule has 1 unspecified atom stereocenters. The molecular formula is C11H19NO. The summed E-state index contributed by atoms with van der Waals surface area (Å²) in [4.78, 5) is 2.78. The van der Waals surface area contributed by atoms with Crippen LogP contribution in [-0.4, -0.2) is 34.7 Å². The number of fused-ring (bicyclic) bond motifs is 2. The van der Waals surface area contributed by atoms with Gasteiger partial charge in [0.05, 0.1) is 0 Å². The van der Waals surface area contributed by atoms with Crippen LogP contribution in [-0.2, 0) is 0 Å². The molecule has 3 fully saturated rings. The summed E-state index contributed by atoms with van der Waals surface area (Å²) in [5, 5.41) is 9.18. The molecule has 2 aliphatic heterocycles. The summed E-state index contributed by atoms with van der Waals surface area (Å²) in [5.74, 6) is 0.618. The van der Waals surface area contributed by atoms with Crippen LogP contribution in [0.4, 0.5) is 0 Å². The van der Waals surface area contributed by atoms with Gasteiger partial charge in [0.15, 0.2) is 0 Å². The first kappa shape index (κ1) is 8.25. The maximum absolute atomic E-state index is 9.18. The molecule has 74 valence electrons. The molecule has 2 heterocycles. The normalized spacial score (nSPS) is 45.5. The quantitative estimate of drug-likeness (QED) is 0.695. The van der Waals surface area contributed by atoms with Crippen molar-refractivity contribution < 1.29 is 5.11 Å². The molecule has 3 rings (SSSR count). The lowest BCUT2D eigenvalue weighted by molar-refractivity contribution is 0.0680. The molecular weight excluding hydrogens is 162 g/mol. The summed E-state index contributed by atoms with van der Waals surface area (Å²) in [5.41, 5.74) is 0. The van der Waals surface area contributed by atoms with Crippen LogP contribution < -0.4 is 0 Å². The van der Waals surface area contributed by atoms with Gasteiger partial charge in [0.1, 0.15) is 0 Å². The van der Waals surface area contributed by atoms with E-state index in [9.17, 15) is 5.11 Å². The second-order valence-electron chi connectivity index (χ2n) is 5.08. The maximum atomic E-state index is 9.18. The van der Waals surface area contributed by atoms with Gasteiger partial charge >= 0.3 is 0 Å². The van der Waals surface area contributed by atoms with Crippen molar-refractivity contribution in [3.05, 3.63) is 0 Å². The fourth-order valence-electron chi connectivity index (χ4n) is 3.44. The lowest BCUT2D eigenvalue weighted by atomic mass is 9.91. The number of aliphatic hydroxyl groups excluding tert-OH is 1. The third kappa shape index (κ3) is 1.31. The van der Waals surface area contributed by atoms with Gasteiger partial charge < -0.3 is 5.11 Å². The molecule has 0 aromatic carbocycles. The van der Waals surface area contributed by atoms with E-state index in [-0.39, 0.29) is 0 Å². The van der Waals surface area contributed by atoms with Gasteiger partial charge in [-0.25, -0.2) is 0 Å². The third-order valence-corrected chi connectivity index (χ3v) is 4.11. The van der Waals surface area contributed by atoms with Gasteiger partial charge in [0, 0.05) is 24.7 Å². The van der Waals surface area contributed by atoms with Gasteiger partial charge in [-0.2, -0.15) is 0 Å². The SMILES string of the molecule is OCC1C[C@H]2CC[C@@H](C1)N2C1CC1. The van der Waals surface area contributed by atoms with Crippen molar-refractivity contribution in [3.63, 3.8) is 0 Å². The highest BCUT2D eigenvalue weighted by atomic mass is 16.3. The molecule has 2 nitrogen and oxygen atoms in total. The number of piperidine rings is 1. The molecule has 0 radical (unpaired) electrons. The van der Waals surface area contributed by atoms with Crippen LogP contribution in [0.15, 0.2) is 0 Å². The minimum atomic E-state index is 0.422. The molecule has 3 atom stereocenters. The van der Waals surface area contributed by atoms with Gasteiger partial charge in [-0.05, 0) is 44.4 Å². The van der Waals surface area contributed by atoms with E-state index >= 15 is 0 Å². The summed E-state index contributed by atoms with van der Waals surface area (Å²) in [6.45, 7) is 0.422. The summed E-state index contributed by atoms with van der Waals surface area (Å²) in [7, 11) is 0. The molecule has 1 saturated carbocycles. The summed E-state index contributed by atoms with van der Waals surface area (Å²) in [6, 6.07) is 2.61. The Morgan fingerprint density at radius 3 is 1.92 bits per heavy atom. The summed E-state index contributed by atoms with van der Waals surface area (Å²) >= 11 is 0. The van der Waals surface area contributed by atoms with Crippen molar-refractivity contribution in [1.82, 2.24) is 4.90 Å². The highest BCUT2D eigenvalue weighted by Gasteiger charge is 2.46. The maximum Gasteiger partial charge on any atom is 0.0460 e. The van der Waals surface area contributed by atoms with Crippen LogP contribution in [0.5, 0.6) is 0 Å². The molecule has 1 aliphatic carbocycles. The van der Waals surface area contributed by atoms with E-state index in [1.165, 1.54) is 38.5 Å². The first-order valence-electron chi connectivity index (χ1n) is 5.77. The molecule has 2 heteroatoms. The molecule has 0 amide bonds. The van der Waals surface area contributed by atoms with Gasteiger partial charge in [0.25, 0.3) is 0 Å². The fourth-order valence-corrected chi connectivity index (χ4v) is 3.44. The van der Waals surface area contributed by atoms with Crippen molar-refractivity contribution in [3.8, 4) is 0 Å². The van der Waals surface area contributed by atoms with E-state index in [2.05, 4.69) is 4.90 Å². The van der Waals surface area contributed by atoms with Crippen LogP contribution in [0.2, 0.25) is 0 Å². The Morgan fingerprint density at radius 2 is 1.46 bits per heavy atom. The first-order chi connectivity index (χ1) is 6.38. The first-order valence-corrected chi connectivity index (χ1v) is 5.77. The fraction of sp³-hybridized carbons (Fsp3) is 1.00. The van der Waals surface area contributed by atoms with E-state index in [4.69, 9.17) is 0 Å². The molecule has 1 N–H and O–H groups in total. The van der Waals surface area contributed by atoms with E-state index in [1.54, 1.807) is 0 Å². The Labute approximate surface area is 79.9 Å². The number of aliphatic hydroxyl groups is 1. The zero-order valence-corrected chi connectivity index (χ0v) is 8.15. The molecule has 2 bridgehead atoms. The van der Waals surface area contributed by atoms with Gasteiger partial charge in [-0.1, -0.05) is 0 Å². The second kappa shape index (κ2) is 2.96. The van der Waals surface area contributed by atoms with Gasteiger partial charge in [-0.3, -0.25) is 4.90 Å². The average molecular weight is 181 g/mol. The lowest BCUT2D eigenvalue weighted by Gasteiger charge is -2.38. The Bertz CT molecular complexity index is 188.